The van der Waals surface area contributed by atoms with Crippen molar-refractivity contribution in [2.24, 2.45) is 34.5 Å². The van der Waals surface area contributed by atoms with Crippen LogP contribution < -0.4 is 5.32 Å². The van der Waals surface area contributed by atoms with E-state index in [1.807, 2.05) is 12.5 Å². The third-order valence-electron chi connectivity index (χ3n) is 9.85. The van der Waals surface area contributed by atoms with Crippen LogP contribution in [0.1, 0.15) is 71.6 Å². The molecule has 1 heterocycles. The molecule has 170 valence electrons. The van der Waals surface area contributed by atoms with Crippen molar-refractivity contribution in [1.29, 1.82) is 0 Å². The summed E-state index contributed by atoms with van der Waals surface area (Å²) in [4.78, 5) is 17.3. The lowest BCUT2D eigenvalue weighted by Crippen LogP contribution is -2.51. The summed E-state index contributed by atoms with van der Waals surface area (Å²) in [5, 5.41) is 13.5. The second-order valence-electron chi connectivity index (χ2n) is 11.3. The van der Waals surface area contributed by atoms with Crippen LogP contribution in [0.25, 0.3) is 0 Å². The maximum atomic E-state index is 13.2. The molecule has 2 N–H and O–H groups in total. The Kier molecular flexibility index (Phi) is 5.52. The minimum atomic E-state index is -0.141. The van der Waals surface area contributed by atoms with Crippen molar-refractivity contribution >= 4 is 5.91 Å². The third kappa shape index (κ3) is 3.57. The lowest BCUT2D eigenvalue weighted by Gasteiger charge is -2.57. The number of allylic oxidation sites excluding steroid dienone is 1. The number of nitrogens with zero attached hydrogens (tertiary/aromatic N) is 2. The van der Waals surface area contributed by atoms with Crippen LogP contribution in [0.5, 0.6) is 0 Å². The molecule has 4 aliphatic carbocycles. The fourth-order valence-electron chi connectivity index (χ4n) is 8.09. The Morgan fingerprint density at radius 2 is 2.10 bits per heavy atom. The fraction of sp³-hybridized carbons (Fsp3) is 0.769. The SMILES string of the molecule is C[C@]12CC[C@H]3[C@@H](CC=C4C[C@@H](O)CC[C@@]43C)[C@@H]1CC[C@@H]2C(=O)NCCCn1ccnc1. The molecule has 31 heavy (non-hydrogen) atoms. The van der Waals surface area contributed by atoms with Gasteiger partial charge in [0.1, 0.15) is 0 Å². The van der Waals surface area contributed by atoms with Crippen LogP contribution in [0.3, 0.4) is 0 Å². The van der Waals surface area contributed by atoms with E-state index in [4.69, 9.17) is 0 Å². The van der Waals surface area contributed by atoms with Crippen molar-refractivity contribution in [3.05, 3.63) is 30.4 Å². The van der Waals surface area contributed by atoms with E-state index in [1.165, 1.54) is 24.8 Å². The summed E-state index contributed by atoms with van der Waals surface area (Å²) in [6.45, 7) is 6.54. The molecule has 1 aromatic heterocycles. The highest BCUT2D eigenvalue weighted by Gasteiger charge is 2.59. The topological polar surface area (TPSA) is 67.2 Å². The number of imidazole rings is 1. The van der Waals surface area contributed by atoms with E-state index in [2.05, 4.69) is 34.8 Å². The van der Waals surface area contributed by atoms with Gasteiger partial charge in [0.2, 0.25) is 5.91 Å². The van der Waals surface area contributed by atoms with E-state index in [0.29, 0.717) is 11.8 Å². The van der Waals surface area contributed by atoms with Crippen LogP contribution in [-0.4, -0.2) is 33.2 Å². The highest BCUT2D eigenvalue weighted by Crippen LogP contribution is 2.66. The largest absolute Gasteiger partial charge is 0.393 e. The Labute approximate surface area is 186 Å². The van der Waals surface area contributed by atoms with E-state index in [0.717, 1.165) is 57.5 Å². The summed E-state index contributed by atoms with van der Waals surface area (Å²) in [6, 6.07) is 0. The molecule has 5 heteroatoms. The van der Waals surface area contributed by atoms with Crippen LogP contribution in [0.4, 0.5) is 0 Å². The number of amides is 1. The maximum absolute atomic E-state index is 13.2. The van der Waals surface area contributed by atoms with Crippen molar-refractivity contribution in [2.75, 3.05) is 6.54 Å². The average Bonchev–Trinajstić information content (AvgIpc) is 3.39. The summed E-state index contributed by atoms with van der Waals surface area (Å²) in [5.41, 5.74) is 1.95. The highest BCUT2D eigenvalue weighted by molar-refractivity contribution is 5.80. The number of nitrogens with one attached hydrogen (secondary N) is 1. The molecule has 5 rings (SSSR count). The van der Waals surface area contributed by atoms with Gasteiger partial charge in [-0.05, 0) is 86.4 Å². The van der Waals surface area contributed by atoms with E-state index >= 15 is 0 Å². The predicted octanol–water partition coefficient (Wildman–Crippen LogP) is 4.33. The van der Waals surface area contributed by atoms with Gasteiger partial charge in [0, 0.05) is 31.4 Å². The third-order valence-corrected chi connectivity index (χ3v) is 9.85. The number of fused-ring (bicyclic) bond motifs is 5. The summed E-state index contributed by atoms with van der Waals surface area (Å²) in [5.74, 6) is 2.55. The summed E-state index contributed by atoms with van der Waals surface area (Å²) in [7, 11) is 0. The number of hydrogen-bond donors (Lipinski definition) is 2. The van der Waals surface area contributed by atoms with E-state index in [1.54, 1.807) is 6.20 Å². The molecular formula is C26H39N3O2. The zero-order valence-electron chi connectivity index (χ0n) is 19.2. The van der Waals surface area contributed by atoms with E-state index in [9.17, 15) is 9.90 Å². The Bertz CT molecular complexity index is 834. The van der Waals surface area contributed by atoms with E-state index in [-0.39, 0.29) is 28.8 Å². The summed E-state index contributed by atoms with van der Waals surface area (Å²) in [6.07, 6.45) is 17.7. The normalized spacial score (nSPS) is 41.6. The first kappa shape index (κ1) is 21.2. The van der Waals surface area contributed by atoms with E-state index < -0.39 is 0 Å². The Hall–Kier alpha value is -1.62. The van der Waals surface area contributed by atoms with Crippen molar-refractivity contribution in [3.63, 3.8) is 0 Å². The average molecular weight is 426 g/mol. The fourth-order valence-corrected chi connectivity index (χ4v) is 8.09. The number of hydrogen-bond acceptors (Lipinski definition) is 3. The molecule has 0 saturated heterocycles. The van der Waals surface area contributed by atoms with Gasteiger partial charge in [0.05, 0.1) is 12.4 Å². The second kappa shape index (κ2) is 8.06. The molecule has 5 nitrogen and oxygen atoms in total. The first-order valence-electron chi connectivity index (χ1n) is 12.5. The standard InChI is InChI=1S/C26H39N3O2/c1-25-10-8-19(30)16-18(25)4-5-20-21-6-7-23(26(21,2)11-9-22(20)25)24(31)28-12-3-14-29-15-13-27-17-29/h4,13,15,17,19-23,30H,3,5-12,14,16H2,1-2H3,(H,28,31)/t19-,20-,21-,22-,23+,25-,26-/m0/s1. The number of aryl methyl sites for hydroxylation is 1. The molecule has 0 aliphatic heterocycles. The quantitative estimate of drug-likeness (QED) is 0.545. The van der Waals surface area contributed by atoms with Gasteiger partial charge >= 0.3 is 0 Å². The van der Waals surface area contributed by atoms with Crippen molar-refractivity contribution in [2.45, 2.75) is 84.3 Å². The number of rotatable bonds is 5. The maximum Gasteiger partial charge on any atom is 0.223 e. The van der Waals surface area contributed by atoms with Crippen molar-refractivity contribution in [1.82, 2.24) is 14.9 Å². The number of aliphatic hydroxyl groups excluding tert-OH is 1. The Morgan fingerprint density at radius 3 is 2.90 bits per heavy atom. The lowest BCUT2D eigenvalue weighted by molar-refractivity contribution is -0.131. The Balaban J connectivity index is 1.24. The van der Waals surface area contributed by atoms with Crippen molar-refractivity contribution in [3.8, 4) is 0 Å². The summed E-state index contributed by atoms with van der Waals surface area (Å²) < 4.78 is 2.07. The van der Waals surface area contributed by atoms with Crippen LogP contribution in [-0.2, 0) is 11.3 Å². The van der Waals surface area contributed by atoms with Crippen LogP contribution in [0, 0.1) is 34.5 Å². The molecule has 7 atom stereocenters. The van der Waals surface area contributed by atoms with Crippen LogP contribution in [0.15, 0.2) is 30.4 Å². The van der Waals surface area contributed by atoms with Gasteiger partial charge in [0.15, 0.2) is 0 Å². The first-order valence-corrected chi connectivity index (χ1v) is 12.5. The van der Waals surface area contributed by atoms with Crippen LogP contribution >= 0.6 is 0 Å². The molecule has 0 bridgehead atoms. The second-order valence-corrected chi connectivity index (χ2v) is 11.3. The molecule has 0 unspecified atom stereocenters. The highest BCUT2D eigenvalue weighted by atomic mass is 16.3. The Morgan fingerprint density at radius 1 is 1.23 bits per heavy atom. The molecule has 1 aromatic rings. The van der Waals surface area contributed by atoms with Crippen molar-refractivity contribution < 1.29 is 9.90 Å². The molecule has 3 saturated carbocycles. The molecule has 0 aromatic carbocycles. The first-order chi connectivity index (χ1) is 14.9. The molecule has 0 spiro atoms. The molecular weight excluding hydrogens is 386 g/mol. The zero-order valence-corrected chi connectivity index (χ0v) is 19.2. The van der Waals surface area contributed by atoms with Gasteiger partial charge < -0.3 is 15.0 Å². The number of carbonyl (C=O) groups excluding carboxylic acids is 1. The van der Waals surface area contributed by atoms with Gasteiger partial charge in [-0.2, -0.15) is 0 Å². The summed E-state index contributed by atoms with van der Waals surface area (Å²) >= 11 is 0. The lowest BCUT2D eigenvalue weighted by atomic mass is 9.47. The minimum Gasteiger partial charge on any atom is -0.393 e. The van der Waals surface area contributed by atoms with Crippen LogP contribution in [0.2, 0.25) is 0 Å². The predicted molar refractivity (Wildman–Crippen MR) is 121 cm³/mol. The smallest absolute Gasteiger partial charge is 0.223 e. The molecule has 0 radical (unpaired) electrons. The minimum absolute atomic E-state index is 0.141. The molecule has 1 amide bonds. The molecule has 4 aliphatic rings. The van der Waals surface area contributed by atoms with Gasteiger partial charge in [0.25, 0.3) is 0 Å². The van der Waals surface area contributed by atoms with Gasteiger partial charge in [-0.1, -0.05) is 25.5 Å². The van der Waals surface area contributed by atoms with Gasteiger partial charge in [-0.15, -0.1) is 0 Å². The molecule has 3 fully saturated rings. The number of carbonyl (C=O) groups is 1. The zero-order chi connectivity index (χ0) is 21.6. The van der Waals surface area contributed by atoms with Gasteiger partial charge in [-0.3, -0.25) is 4.79 Å². The monoisotopic (exact) mass is 425 g/mol. The number of aromatic nitrogens is 2. The number of aliphatic hydroxyl groups is 1. The van der Waals surface area contributed by atoms with Gasteiger partial charge in [-0.25, -0.2) is 4.98 Å².